The molecule has 0 radical (unpaired) electrons. The second kappa shape index (κ2) is 11.6. The Bertz CT molecular complexity index is 606. The van der Waals surface area contributed by atoms with Gasteiger partial charge >= 0.3 is 0 Å². The van der Waals surface area contributed by atoms with Gasteiger partial charge in [-0.1, -0.05) is 23.4 Å². The van der Waals surface area contributed by atoms with Crippen LogP contribution >= 0.6 is 34.0 Å². The van der Waals surface area contributed by atoms with Crippen molar-refractivity contribution in [3.05, 3.63) is 67.2 Å². The molecule has 3 rings (SSSR count). The highest BCUT2D eigenvalue weighted by molar-refractivity contribution is 7.12. The zero-order valence-corrected chi connectivity index (χ0v) is 13.8. The Kier molecular flexibility index (Phi) is 9.43. The molecule has 0 aliphatic heterocycles. The molecular formula is C15H13NO3S3. The number of oxime groups is 1. The van der Waals surface area contributed by atoms with Gasteiger partial charge < -0.3 is 5.21 Å². The summed E-state index contributed by atoms with van der Waals surface area (Å²) in [5, 5.41) is 16.6. The minimum Gasteiger partial charge on any atom is -0.411 e. The number of carbonyl (C=O) groups excluding carboxylic acids is 2. The molecule has 4 nitrogen and oxygen atoms in total. The summed E-state index contributed by atoms with van der Waals surface area (Å²) in [6, 6.07) is 11.1. The van der Waals surface area contributed by atoms with E-state index in [2.05, 4.69) is 5.16 Å². The molecule has 0 aliphatic carbocycles. The molecule has 0 atom stereocenters. The van der Waals surface area contributed by atoms with Gasteiger partial charge in [-0.15, -0.1) is 34.0 Å². The van der Waals surface area contributed by atoms with Crippen molar-refractivity contribution in [2.24, 2.45) is 5.16 Å². The van der Waals surface area contributed by atoms with Gasteiger partial charge in [0.1, 0.15) is 0 Å². The predicted octanol–water partition coefficient (Wildman–Crippen LogP) is 4.68. The lowest BCUT2D eigenvalue weighted by atomic mass is 10.5. The first-order valence-corrected chi connectivity index (χ1v) is 8.62. The van der Waals surface area contributed by atoms with Crippen LogP contribution in [0.2, 0.25) is 0 Å². The maximum Gasteiger partial charge on any atom is 0.159 e. The molecule has 3 aromatic rings. The summed E-state index contributed by atoms with van der Waals surface area (Å²) in [7, 11) is 0. The molecule has 0 spiro atoms. The van der Waals surface area contributed by atoms with Gasteiger partial charge in [-0.3, -0.25) is 9.59 Å². The molecule has 1 N–H and O–H groups in total. The Morgan fingerprint density at radius 1 is 0.773 bits per heavy atom. The van der Waals surface area contributed by atoms with E-state index >= 15 is 0 Å². The van der Waals surface area contributed by atoms with E-state index in [-0.39, 0.29) is 0 Å². The summed E-state index contributed by atoms with van der Waals surface area (Å²) < 4.78 is 0. The quantitative estimate of drug-likeness (QED) is 0.322. The molecule has 3 aromatic heterocycles. The molecule has 0 aromatic carbocycles. The molecule has 0 aliphatic rings. The second-order valence-corrected chi connectivity index (χ2v) is 6.46. The molecule has 0 bridgehead atoms. The molecule has 3 heterocycles. The van der Waals surface area contributed by atoms with Crippen LogP contribution in [-0.2, 0) is 0 Å². The molecular weight excluding hydrogens is 338 g/mol. The second-order valence-electron chi connectivity index (χ2n) is 3.53. The highest BCUT2D eigenvalue weighted by Crippen LogP contribution is 2.04. The van der Waals surface area contributed by atoms with Crippen LogP contribution in [0.15, 0.2) is 57.7 Å². The SMILES string of the molecule is O=Cc1cccs1.O=Cc1cccs1.ON=Cc1cccs1. The van der Waals surface area contributed by atoms with Crippen molar-refractivity contribution in [2.75, 3.05) is 0 Å². The standard InChI is InChI=1S/C5H5NOS.2C5H4OS/c7-6-4-5-2-1-3-8-5;2*6-4-5-2-1-3-7-5/h1-4,7H;2*1-4H. The normalized spacial score (nSPS) is 9.27. The van der Waals surface area contributed by atoms with Crippen molar-refractivity contribution in [3.63, 3.8) is 0 Å². The third kappa shape index (κ3) is 7.63. The Morgan fingerprint density at radius 2 is 1.18 bits per heavy atom. The molecule has 22 heavy (non-hydrogen) atoms. The van der Waals surface area contributed by atoms with Gasteiger partial charge in [0.2, 0.25) is 0 Å². The molecule has 114 valence electrons. The fourth-order valence-corrected chi connectivity index (χ4v) is 2.77. The number of thiophene rings is 3. The first kappa shape index (κ1) is 18.0. The van der Waals surface area contributed by atoms with Crippen molar-refractivity contribution in [2.45, 2.75) is 0 Å². The van der Waals surface area contributed by atoms with E-state index in [0.29, 0.717) is 0 Å². The Hall–Kier alpha value is -2.09. The topological polar surface area (TPSA) is 66.7 Å². The summed E-state index contributed by atoms with van der Waals surface area (Å²) in [4.78, 5) is 22.3. The van der Waals surface area contributed by atoms with Crippen molar-refractivity contribution < 1.29 is 14.8 Å². The highest BCUT2D eigenvalue weighted by atomic mass is 32.1. The lowest BCUT2D eigenvalue weighted by Crippen LogP contribution is -1.67. The smallest absolute Gasteiger partial charge is 0.159 e. The van der Waals surface area contributed by atoms with Crippen molar-refractivity contribution in [1.82, 2.24) is 0 Å². The molecule has 0 amide bonds. The maximum absolute atomic E-state index is 9.88. The summed E-state index contributed by atoms with van der Waals surface area (Å²) in [6.07, 6.45) is 3.11. The monoisotopic (exact) mass is 351 g/mol. The molecule has 0 unspecified atom stereocenters. The Balaban J connectivity index is 0.000000166. The average Bonchev–Trinajstić information content (AvgIpc) is 3.30. The molecule has 7 heteroatoms. The first-order chi connectivity index (χ1) is 10.8. The fraction of sp³-hybridized carbons (Fsp3) is 0. The Morgan fingerprint density at radius 3 is 1.41 bits per heavy atom. The van der Waals surface area contributed by atoms with Crippen molar-refractivity contribution in [3.8, 4) is 0 Å². The lowest BCUT2D eigenvalue weighted by molar-refractivity contribution is 0.111. The molecule has 0 saturated carbocycles. The van der Waals surface area contributed by atoms with E-state index in [9.17, 15) is 9.59 Å². The van der Waals surface area contributed by atoms with Crippen LogP contribution in [0, 0.1) is 0 Å². The maximum atomic E-state index is 9.88. The van der Waals surface area contributed by atoms with Gasteiger partial charge in [0, 0.05) is 4.88 Å². The van der Waals surface area contributed by atoms with Crippen LogP contribution in [0.5, 0.6) is 0 Å². The number of rotatable bonds is 3. The van der Waals surface area contributed by atoms with Gasteiger partial charge in [-0.25, -0.2) is 0 Å². The highest BCUT2D eigenvalue weighted by Gasteiger charge is 1.84. The number of hydrogen-bond acceptors (Lipinski definition) is 7. The van der Waals surface area contributed by atoms with Gasteiger partial charge in [0.05, 0.1) is 16.0 Å². The van der Waals surface area contributed by atoms with E-state index < -0.39 is 0 Å². The lowest BCUT2D eigenvalue weighted by Gasteiger charge is -1.73. The summed E-state index contributed by atoms with van der Waals surface area (Å²) in [5.74, 6) is 0. The van der Waals surface area contributed by atoms with Crippen LogP contribution < -0.4 is 0 Å². The van der Waals surface area contributed by atoms with E-state index in [1.807, 2.05) is 40.4 Å². The largest absolute Gasteiger partial charge is 0.411 e. The number of hydrogen-bond donors (Lipinski definition) is 1. The van der Waals surface area contributed by atoms with Gasteiger partial charge in [-0.2, -0.15) is 0 Å². The van der Waals surface area contributed by atoms with E-state index in [1.165, 1.54) is 40.2 Å². The van der Waals surface area contributed by atoms with Crippen LogP contribution in [0.4, 0.5) is 0 Å². The fourth-order valence-electron chi connectivity index (χ4n) is 1.14. The number of carbonyl (C=O) groups is 2. The number of aldehydes is 2. The minimum atomic E-state index is 0.792. The van der Waals surface area contributed by atoms with Crippen molar-refractivity contribution >= 4 is 52.8 Å². The third-order valence-electron chi connectivity index (χ3n) is 2.05. The third-order valence-corrected chi connectivity index (χ3v) is 4.45. The summed E-state index contributed by atoms with van der Waals surface area (Å²) in [6.45, 7) is 0. The van der Waals surface area contributed by atoms with E-state index in [0.717, 1.165) is 27.2 Å². The summed E-state index contributed by atoms with van der Waals surface area (Å²) >= 11 is 4.45. The summed E-state index contributed by atoms with van der Waals surface area (Å²) in [5.41, 5.74) is 0. The molecule has 0 fully saturated rings. The predicted molar refractivity (Wildman–Crippen MR) is 93.1 cm³/mol. The zero-order valence-electron chi connectivity index (χ0n) is 11.4. The van der Waals surface area contributed by atoms with Gasteiger partial charge in [-0.05, 0) is 34.3 Å². The Labute approximate surface area is 140 Å². The minimum absolute atomic E-state index is 0.792. The van der Waals surface area contributed by atoms with Crippen molar-refractivity contribution in [1.29, 1.82) is 0 Å². The van der Waals surface area contributed by atoms with Gasteiger partial charge in [0.15, 0.2) is 12.6 Å². The van der Waals surface area contributed by atoms with Crippen LogP contribution in [0.25, 0.3) is 0 Å². The number of nitrogens with zero attached hydrogens (tertiary/aromatic N) is 1. The zero-order chi connectivity index (χ0) is 16.0. The van der Waals surface area contributed by atoms with Crippen LogP contribution in [0.1, 0.15) is 24.2 Å². The first-order valence-electron chi connectivity index (χ1n) is 5.98. The van der Waals surface area contributed by atoms with E-state index in [4.69, 9.17) is 5.21 Å². The van der Waals surface area contributed by atoms with Crippen LogP contribution in [0.3, 0.4) is 0 Å². The van der Waals surface area contributed by atoms with E-state index in [1.54, 1.807) is 12.1 Å². The average molecular weight is 351 g/mol. The van der Waals surface area contributed by atoms with Crippen LogP contribution in [-0.4, -0.2) is 24.0 Å². The molecule has 0 saturated heterocycles. The van der Waals surface area contributed by atoms with Gasteiger partial charge in [0.25, 0.3) is 0 Å².